The number of hydrogen-bond acceptors (Lipinski definition) is 4. The predicted octanol–water partition coefficient (Wildman–Crippen LogP) is 2.90. The van der Waals surface area contributed by atoms with E-state index in [0.29, 0.717) is 12.3 Å². The second-order valence-electron chi connectivity index (χ2n) is 3.51. The summed E-state index contributed by atoms with van der Waals surface area (Å²) in [7, 11) is 0. The lowest BCUT2D eigenvalue weighted by atomic mass is 10.1. The largest absolute Gasteiger partial charge is 0.351 e. The lowest BCUT2D eigenvalue weighted by molar-refractivity contribution is -0.385. The number of carbonyl (C=O) groups is 1. The van der Waals surface area contributed by atoms with Gasteiger partial charge in [0.25, 0.3) is 5.91 Å². The van der Waals surface area contributed by atoms with Crippen molar-refractivity contribution in [3.8, 4) is 0 Å². The van der Waals surface area contributed by atoms with E-state index in [1.807, 2.05) is 0 Å². The van der Waals surface area contributed by atoms with Gasteiger partial charge in [-0.05, 0) is 12.1 Å². The molecule has 0 radical (unpaired) electrons. The molecule has 0 unspecified atom stereocenters. The highest BCUT2D eigenvalue weighted by Gasteiger charge is 2.23. The third-order valence-electron chi connectivity index (χ3n) is 2.18. The van der Waals surface area contributed by atoms with Crippen molar-refractivity contribution in [1.29, 1.82) is 0 Å². The number of nitrogens with zero attached hydrogens (tertiary/aromatic N) is 1. The first-order valence-electron chi connectivity index (χ1n) is 5.47. The second-order valence-corrected chi connectivity index (χ2v) is 5.07. The number of nitro groups is 1. The van der Waals surface area contributed by atoms with Gasteiger partial charge in [0.15, 0.2) is 0 Å². The third-order valence-corrected chi connectivity index (χ3v) is 3.45. The van der Waals surface area contributed by atoms with Gasteiger partial charge in [-0.2, -0.15) is 11.8 Å². The number of rotatable bonds is 7. The molecule has 0 aliphatic rings. The van der Waals surface area contributed by atoms with Crippen LogP contribution in [0, 0.1) is 10.1 Å². The molecule has 1 rings (SSSR count). The highest BCUT2D eigenvalue weighted by molar-refractivity contribution is 7.99. The van der Waals surface area contributed by atoms with Crippen molar-refractivity contribution < 1.29 is 9.72 Å². The molecule has 5 nitrogen and oxygen atoms in total. The average Bonchev–Trinajstić information content (AvgIpc) is 2.37. The summed E-state index contributed by atoms with van der Waals surface area (Å²) in [6.07, 6.45) is 1.77. The number of thioether (sulfide) groups is 1. The Morgan fingerprint density at radius 1 is 1.58 bits per heavy atom. The van der Waals surface area contributed by atoms with E-state index in [0.717, 1.165) is 5.75 Å². The molecule has 0 heterocycles. The van der Waals surface area contributed by atoms with E-state index in [4.69, 9.17) is 11.6 Å². The first-order chi connectivity index (χ1) is 9.07. The summed E-state index contributed by atoms with van der Waals surface area (Å²) in [4.78, 5) is 22.1. The Balaban J connectivity index is 2.69. The van der Waals surface area contributed by atoms with Crippen LogP contribution in [-0.2, 0) is 0 Å². The molecule has 0 aliphatic carbocycles. The molecular weight excluding hydrogens is 288 g/mol. The smallest absolute Gasteiger partial charge is 0.300 e. The summed E-state index contributed by atoms with van der Waals surface area (Å²) in [5.41, 5.74) is -0.383. The minimum absolute atomic E-state index is 0.0220. The molecule has 19 heavy (non-hydrogen) atoms. The van der Waals surface area contributed by atoms with E-state index in [-0.39, 0.29) is 16.3 Å². The summed E-state index contributed by atoms with van der Waals surface area (Å²) >= 11 is 7.35. The number of halogens is 1. The lowest BCUT2D eigenvalue weighted by Gasteiger charge is -2.06. The van der Waals surface area contributed by atoms with E-state index in [9.17, 15) is 14.9 Å². The molecule has 1 amide bonds. The van der Waals surface area contributed by atoms with Gasteiger partial charge in [-0.15, -0.1) is 6.58 Å². The fourth-order valence-electron chi connectivity index (χ4n) is 1.38. The maximum Gasteiger partial charge on any atom is 0.300 e. The molecule has 0 spiro atoms. The van der Waals surface area contributed by atoms with Gasteiger partial charge in [0.2, 0.25) is 0 Å². The van der Waals surface area contributed by atoms with Crippen LogP contribution >= 0.6 is 23.4 Å². The van der Waals surface area contributed by atoms with Crippen molar-refractivity contribution in [2.24, 2.45) is 0 Å². The molecule has 0 saturated heterocycles. The van der Waals surface area contributed by atoms with Crippen LogP contribution in [0.5, 0.6) is 0 Å². The van der Waals surface area contributed by atoms with Crippen molar-refractivity contribution in [2.75, 3.05) is 18.1 Å². The van der Waals surface area contributed by atoms with E-state index >= 15 is 0 Å². The van der Waals surface area contributed by atoms with Gasteiger partial charge >= 0.3 is 5.69 Å². The van der Waals surface area contributed by atoms with E-state index in [1.165, 1.54) is 18.2 Å². The zero-order chi connectivity index (χ0) is 14.3. The molecule has 0 bridgehead atoms. The molecule has 102 valence electrons. The van der Waals surface area contributed by atoms with Crippen molar-refractivity contribution in [3.05, 3.63) is 51.6 Å². The summed E-state index contributed by atoms with van der Waals surface area (Å²) in [5, 5.41) is 13.5. The Labute approximate surface area is 120 Å². The van der Waals surface area contributed by atoms with E-state index in [2.05, 4.69) is 11.9 Å². The summed E-state index contributed by atoms with van der Waals surface area (Å²) < 4.78 is 0. The van der Waals surface area contributed by atoms with Gasteiger partial charge < -0.3 is 5.32 Å². The van der Waals surface area contributed by atoms with Crippen LogP contribution in [0.2, 0.25) is 5.02 Å². The quantitative estimate of drug-likeness (QED) is 0.364. The summed E-state index contributed by atoms with van der Waals surface area (Å²) in [5.74, 6) is 1.02. The number of amides is 1. The molecule has 1 aromatic carbocycles. The number of nitrogens with one attached hydrogen (secondary N) is 1. The van der Waals surface area contributed by atoms with Gasteiger partial charge in [0.05, 0.1) is 4.92 Å². The van der Waals surface area contributed by atoms with Crippen LogP contribution in [-0.4, -0.2) is 28.9 Å². The summed E-state index contributed by atoms with van der Waals surface area (Å²) in [6.45, 7) is 4.02. The molecule has 0 fully saturated rings. The molecule has 0 aliphatic heterocycles. The van der Waals surface area contributed by atoms with Gasteiger partial charge in [0.1, 0.15) is 10.6 Å². The maximum atomic E-state index is 11.9. The highest BCUT2D eigenvalue weighted by Crippen LogP contribution is 2.27. The Kier molecular flexibility index (Phi) is 6.38. The molecule has 1 N–H and O–H groups in total. The van der Waals surface area contributed by atoms with Crippen LogP contribution in [0.3, 0.4) is 0 Å². The monoisotopic (exact) mass is 300 g/mol. The Bertz CT molecular complexity index is 494. The minimum Gasteiger partial charge on any atom is -0.351 e. The second kappa shape index (κ2) is 7.81. The lowest BCUT2D eigenvalue weighted by Crippen LogP contribution is -2.26. The van der Waals surface area contributed by atoms with Gasteiger partial charge in [0, 0.05) is 18.1 Å². The van der Waals surface area contributed by atoms with E-state index < -0.39 is 10.8 Å². The van der Waals surface area contributed by atoms with Crippen molar-refractivity contribution in [3.63, 3.8) is 0 Å². The van der Waals surface area contributed by atoms with Crippen molar-refractivity contribution >= 4 is 35.0 Å². The van der Waals surface area contributed by atoms with Gasteiger partial charge in [-0.3, -0.25) is 14.9 Å². The summed E-state index contributed by atoms with van der Waals surface area (Å²) in [6, 6.07) is 4.28. The van der Waals surface area contributed by atoms with Crippen LogP contribution in [0.15, 0.2) is 30.9 Å². The van der Waals surface area contributed by atoms with Crippen molar-refractivity contribution in [1.82, 2.24) is 5.32 Å². The standard InChI is InChI=1S/C12H13ClN2O3S/c1-2-7-19-8-6-14-12(16)9-4-3-5-10(13)11(9)15(17)18/h2-5H,1,6-8H2,(H,14,16). The maximum absolute atomic E-state index is 11.9. The zero-order valence-corrected chi connectivity index (χ0v) is 11.7. The number of para-hydroxylation sites is 1. The molecule has 0 saturated carbocycles. The van der Waals surface area contributed by atoms with Crippen LogP contribution in [0.1, 0.15) is 10.4 Å². The van der Waals surface area contributed by atoms with Crippen LogP contribution in [0.4, 0.5) is 5.69 Å². The Morgan fingerprint density at radius 3 is 2.95 bits per heavy atom. The Morgan fingerprint density at radius 2 is 2.32 bits per heavy atom. The molecule has 7 heteroatoms. The Hall–Kier alpha value is -1.53. The minimum atomic E-state index is -0.649. The fraction of sp³-hybridized carbons (Fsp3) is 0.250. The highest BCUT2D eigenvalue weighted by atomic mass is 35.5. The first-order valence-corrected chi connectivity index (χ1v) is 7.01. The SMILES string of the molecule is C=CCSCCNC(=O)c1cccc(Cl)c1[N+](=O)[O-]. The molecular formula is C12H13ClN2O3S. The fourth-order valence-corrected chi connectivity index (χ4v) is 2.21. The number of carbonyl (C=O) groups excluding carboxylic acids is 1. The number of nitro benzene ring substituents is 1. The van der Waals surface area contributed by atoms with Crippen LogP contribution < -0.4 is 5.32 Å². The predicted molar refractivity (Wildman–Crippen MR) is 78.0 cm³/mol. The molecule has 0 atom stereocenters. The normalized spacial score (nSPS) is 9.95. The molecule has 0 aromatic heterocycles. The zero-order valence-electron chi connectivity index (χ0n) is 10.1. The number of hydrogen-bond donors (Lipinski definition) is 1. The van der Waals surface area contributed by atoms with Gasteiger partial charge in [-0.1, -0.05) is 23.7 Å². The topological polar surface area (TPSA) is 72.2 Å². The third kappa shape index (κ3) is 4.57. The number of benzene rings is 1. The van der Waals surface area contributed by atoms with E-state index in [1.54, 1.807) is 17.8 Å². The van der Waals surface area contributed by atoms with Crippen LogP contribution in [0.25, 0.3) is 0 Å². The average molecular weight is 301 g/mol. The first kappa shape index (κ1) is 15.5. The van der Waals surface area contributed by atoms with Gasteiger partial charge in [-0.25, -0.2) is 0 Å². The van der Waals surface area contributed by atoms with Crippen molar-refractivity contribution in [2.45, 2.75) is 0 Å². The molecule has 1 aromatic rings.